The van der Waals surface area contributed by atoms with Crippen molar-refractivity contribution in [1.29, 1.82) is 0 Å². The van der Waals surface area contributed by atoms with Crippen molar-refractivity contribution in [2.24, 2.45) is 7.05 Å². The Bertz CT molecular complexity index is 779. The summed E-state index contributed by atoms with van der Waals surface area (Å²) in [4.78, 5) is 4.84. The second-order valence-corrected chi connectivity index (χ2v) is 8.54. The molecule has 1 saturated heterocycles. The first-order valence-corrected chi connectivity index (χ1v) is 9.62. The van der Waals surface area contributed by atoms with E-state index < -0.39 is 10.0 Å². The Hall–Kier alpha value is -1.25. The number of piperidine rings is 1. The van der Waals surface area contributed by atoms with Gasteiger partial charge in [-0.2, -0.15) is 9.40 Å². The van der Waals surface area contributed by atoms with Gasteiger partial charge in [-0.3, -0.25) is 4.68 Å². The third-order valence-electron chi connectivity index (χ3n) is 4.18. The minimum atomic E-state index is -3.48. The van der Waals surface area contributed by atoms with Crippen molar-refractivity contribution in [3.8, 4) is 0 Å². The van der Waals surface area contributed by atoms with E-state index in [0.29, 0.717) is 23.7 Å². The largest absolute Gasteiger partial charge is 0.272 e. The molecule has 3 heterocycles. The van der Waals surface area contributed by atoms with Crippen molar-refractivity contribution >= 4 is 21.4 Å². The van der Waals surface area contributed by atoms with Gasteiger partial charge >= 0.3 is 0 Å². The zero-order valence-electron chi connectivity index (χ0n) is 13.0. The summed E-state index contributed by atoms with van der Waals surface area (Å²) >= 11 is 1.62. The summed E-state index contributed by atoms with van der Waals surface area (Å²) in [5.74, 6) is 0.194. The molecule has 0 bridgehead atoms. The fraction of sp³-hybridized carbons (Fsp3) is 0.571. The fourth-order valence-corrected chi connectivity index (χ4v) is 5.43. The number of nitrogens with zero attached hydrogens (tertiary/aromatic N) is 4. The Morgan fingerprint density at radius 1 is 1.36 bits per heavy atom. The first-order valence-electron chi connectivity index (χ1n) is 7.30. The van der Waals surface area contributed by atoms with Gasteiger partial charge in [0.15, 0.2) is 0 Å². The second-order valence-electron chi connectivity index (χ2n) is 5.75. The van der Waals surface area contributed by atoms with Gasteiger partial charge in [0.2, 0.25) is 10.0 Å². The van der Waals surface area contributed by atoms with Crippen molar-refractivity contribution in [2.45, 2.75) is 37.5 Å². The Balaban J connectivity index is 1.86. The molecule has 0 radical (unpaired) electrons. The van der Waals surface area contributed by atoms with E-state index in [1.165, 1.54) is 6.20 Å². The predicted molar refractivity (Wildman–Crippen MR) is 85.5 cm³/mol. The number of rotatable bonds is 3. The van der Waals surface area contributed by atoms with Crippen LogP contribution in [0.25, 0.3) is 0 Å². The van der Waals surface area contributed by atoms with Crippen molar-refractivity contribution in [3.05, 3.63) is 28.0 Å². The Kier molecular flexibility index (Phi) is 4.09. The Morgan fingerprint density at radius 2 is 2.14 bits per heavy atom. The maximum Gasteiger partial charge on any atom is 0.246 e. The predicted octanol–water partition coefficient (Wildman–Crippen LogP) is 2.06. The van der Waals surface area contributed by atoms with Crippen molar-refractivity contribution in [1.82, 2.24) is 19.1 Å². The standard InChI is InChI=1S/C14H20N4O2S2/c1-10-9-21-14(16-10)12-5-4-6-18(8-12)22(19,20)13-7-15-17(3)11(13)2/h7,9,12H,4-6,8H2,1-3H3. The molecule has 2 aromatic heterocycles. The normalized spacial score (nSPS) is 20.4. The molecule has 1 aliphatic heterocycles. The van der Waals surface area contributed by atoms with Gasteiger partial charge in [0.05, 0.1) is 16.9 Å². The van der Waals surface area contributed by atoms with Crippen LogP contribution in [0.4, 0.5) is 0 Å². The van der Waals surface area contributed by atoms with E-state index in [9.17, 15) is 8.42 Å². The zero-order chi connectivity index (χ0) is 15.9. The molecule has 22 heavy (non-hydrogen) atoms. The van der Waals surface area contributed by atoms with Crippen LogP contribution in [0.2, 0.25) is 0 Å². The Labute approximate surface area is 134 Å². The quantitative estimate of drug-likeness (QED) is 0.858. The molecule has 0 aromatic carbocycles. The minimum absolute atomic E-state index is 0.194. The molecule has 120 valence electrons. The van der Waals surface area contributed by atoms with Crippen LogP contribution >= 0.6 is 11.3 Å². The molecule has 1 fully saturated rings. The molecule has 0 N–H and O–H groups in total. The van der Waals surface area contributed by atoms with Crippen LogP contribution in [-0.4, -0.2) is 40.6 Å². The fourth-order valence-electron chi connectivity index (χ4n) is 2.79. The molecule has 1 aliphatic rings. The number of hydrogen-bond acceptors (Lipinski definition) is 5. The van der Waals surface area contributed by atoms with E-state index in [1.807, 2.05) is 12.3 Å². The molecular formula is C14H20N4O2S2. The van der Waals surface area contributed by atoms with Gasteiger partial charge in [-0.05, 0) is 26.7 Å². The number of sulfonamides is 1. The smallest absolute Gasteiger partial charge is 0.246 e. The van der Waals surface area contributed by atoms with Crippen molar-refractivity contribution < 1.29 is 8.42 Å². The zero-order valence-corrected chi connectivity index (χ0v) is 14.6. The van der Waals surface area contributed by atoms with Crippen LogP contribution in [0.1, 0.15) is 35.2 Å². The highest BCUT2D eigenvalue weighted by Crippen LogP contribution is 2.32. The molecule has 0 saturated carbocycles. The van der Waals surface area contributed by atoms with Gasteiger partial charge in [-0.15, -0.1) is 11.3 Å². The van der Waals surface area contributed by atoms with Gasteiger partial charge in [0.25, 0.3) is 0 Å². The summed E-state index contributed by atoms with van der Waals surface area (Å²) in [6, 6.07) is 0. The van der Waals surface area contributed by atoms with Crippen LogP contribution in [0, 0.1) is 13.8 Å². The van der Waals surface area contributed by atoms with E-state index >= 15 is 0 Å². The molecule has 0 spiro atoms. The SMILES string of the molecule is Cc1csc(C2CCCN(S(=O)(=O)c3cnn(C)c3C)C2)n1. The number of hydrogen-bond donors (Lipinski definition) is 0. The minimum Gasteiger partial charge on any atom is -0.272 e. The third-order valence-corrected chi connectivity index (χ3v) is 7.27. The highest BCUT2D eigenvalue weighted by molar-refractivity contribution is 7.89. The maximum atomic E-state index is 12.9. The van der Waals surface area contributed by atoms with E-state index in [0.717, 1.165) is 23.5 Å². The van der Waals surface area contributed by atoms with E-state index in [2.05, 4.69) is 10.1 Å². The van der Waals surface area contributed by atoms with Gasteiger partial charge in [-0.25, -0.2) is 13.4 Å². The van der Waals surface area contributed by atoms with Crippen LogP contribution in [0.3, 0.4) is 0 Å². The molecule has 6 nitrogen and oxygen atoms in total. The summed E-state index contributed by atoms with van der Waals surface area (Å²) in [5.41, 5.74) is 1.68. The van der Waals surface area contributed by atoms with Crippen LogP contribution in [0.5, 0.6) is 0 Å². The highest BCUT2D eigenvalue weighted by Gasteiger charge is 2.33. The lowest BCUT2D eigenvalue weighted by Gasteiger charge is -2.30. The Morgan fingerprint density at radius 3 is 2.73 bits per heavy atom. The molecule has 8 heteroatoms. The number of thiazole rings is 1. The topological polar surface area (TPSA) is 68.1 Å². The molecule has 1 atom stereocenters. The van der Waals surface area contributed by atoms with Crippen LogP contribution < -0.4 is 0 Å². The van der Waals surface area contributed by atoms with Crippen molar-refractivity contribution in [2.75, 3.05) is 13.1 Å². The van der Waals surface area contributed by atoms with E-state index in [4.69, 9.17) is 0 Å². The summed E-state index contributed by atoms with van der Waals surface area (Å²) in [5, 5.41) is 7.12. The number of aryl methyl sites for hydroxylation is 2. The second kappa shape index (κ2) is 5.75. The average molecular weight is 340 g/mol. The lowest BCUT2D eigenvalue weighted by atomic mass is 10.0. The summed E-state index contributed by atoms with van der Waals surface area (Å²) < 4.78 is 28.9. The van der Waals surface area contributed by atoms with Crippen LogP contribution in [-0.2, 0) is 17.1 Å². The van der Waals surface area contributed by atoms with E-state index in [1.54, 1.807) is 34.3 Å². The van der Waals surface area contributed by atoms with Crippen LogP contribution in [0.15, 0.2) is 16.5 Å². The molecular weight excluding hydrogens is 320 g/mol. The molecule has 0 amide bonds. The molecule has 0 aliphatic carbocycles. The van der Waals surface area contributed by atoms with Gasteiger partial charge < -0.3 is 0 Å². The van der Waals surface area contributed by atoms with Crippen molar-refractivity contribution in [3.63, 3.8) is 0 Å². The molecule has 1 unspecified atom stereocenters. The van der Waals surface area contributed by atoms with Gasteiger partial charge in [0, 0.05) is 37.1 Å². The number of aromatic nitrogens is 3. The highest BCUT2D eigenvalue weighted by atomic mass is 32.2. The molecule has 3 rings (SSSR count). The monoisotopic (exact) mass is 340 g/mol. The van der Waals surface area contributed by atoms with Gasteiger partial charge in [-0.1, -0.05) is 0 Å². The maximum absolute atomic E-state index is 12.9. The summed E-state index contributed by atoms with van der Waals surface area (Å²) in [6.45, 7) is 4.82. The average Bonchev–Trinajstić information content (AvgIpc) is 3.07. The summed E-state index contributed by atoms with van der Waals surface area (Å²) in [7, 11) is -1.72. The third kappa shape index (κ3) is 2.70. The first-order chi connectivity index (χ1) is 10.4. The first kappa shape index (κ1) is 15.6. The lowest BCUT2D eigenvalue weighted by molar-refractivity contribution is 0.315. The van der Waals surface area contributed by atoms with Gasteiger partial charge in [0.1, 0.15) is 4.90 Å². The summed E-state index contributed by atoms with van der Waals surface area (Å²) in [6.07, 6.45) is 3.30. The van der Waals surface area contributed by atoms with E-state index in [-0.39, 0.29) is 5.92 Å². The lowest BCUT2D eigenvalue weighted by Crippen LogP contribution is -2.39. The molecule has 2 aromatic rings.